The Morgan fingerprint density at radius 3 is 2.50 bits per heavy atom. The van der Waals surface area contributed by atoms with Crippen LogP contribution in [0.3, 0.4) is 0 Å². The molecule has 2 heteroatoms. The van der Waals surface area contributed by atoms with Gasteiger partial charge >= 0.3 is 0 Å². The van der Waals surface area contributed by atoms with E-state index in [4.69, 9.17) is 4.42 Å². The first-order chi connectivity index (χ1) is 8.35. The fourth-order valence-electron chi connectivity index (χ4n) is 1.92. The summed E-state index contributed by atoms with van der Waals surface area (Å²) in [5.41, 5.74) is 2.45. The van der Waals surface area contributed by atoms with Crippen LogP contribution < -0.4 is 5.32 Å². The van der Waals surface area contributed by atoms with Crippen molar-refractivity contribution in [2.75, 3.05) is 0 Å². The maximum atomic E-state index is 5.84. The second-order valence-corrected chi connectivity index (χ2v) is 6.27. The molecule has 98 valence electrons. The molecular weight excluding hydrogens is 222 g/mol. The third-order valence-corrected chi connectivity index (χ3v) is 3.05. The molecular formula is C16H23NO. The molecule has 2 rings (SSSR count). The Morgan fingerprint density at radius 2 is 1.89 bits per heavy atom. The normalized spacial score (nSPS) is 12.6. The van der Waals surface area contributed by atoms with Crippen molar-refractivity contribution in [2.24, 2.45) is 0 Å². The molecule has 2 aromatic rings. The highest BCUT2D eigenvalue weighted by atomic mass is 16.3. The highest BCUT2D eigenvalue weighted by Gasteiger charge is 2.11. The number of benzene rings is 1. The van der Waals surface area contributed by atoms with E-state index in [1.165, 1.54) is 10.9 Å². The lowest BCUT2D eigenvalue weighted by Gasteiger charge is -2.19. The molecule has 0 amide bonds. The van der Waals surface area contributed by atoms with E-state index in [0.29, 0.717) is 5.92 Å². The average molecular weight is 245 g/mol. The Morgan fingerprint density at radius 1 is 1.17 bits per heavy atom. The molecule has 1 aromatic heterocycles. The van der Waals surface area contributed by atoms with Crippen LogP contribution in [0.25, 0.3) is 11.0 Å². The van der Waals surface area contributed by atoms with Crippen molar-refractivity contribution in [3.63, 3.8) is 0 Å². The van der Waals surface area contributed by atoms with Crippen LogP contribution >= 0.6 is 0 Å². The standard InChI is InChI=1S/C16H23NO/c1-11(2)12-6-7-15-13(8-12)9-14(18-15)10-17-16(3,4)5/h6-9,11,17H,10H2,1-5H3. The van der Waals surface area contributed by atoms with Crippen molar-refractivity contribution >= 4 is 11.0 Å². The summed E-state index contributed by atoms with van der Waals surface area (Å²) in [7, 11) is 0. The van der Waals surface area contributed by atoms with E-state index in [1.54, 1.807) is 0 Å². The summed E-state index contributed by atoms with van der Waals surface area (Å²) >= 11 is 0. The van der Waals surface area contributed by atoms with Crippen LogP contribution in [0.15, 0.2) is 28.7 Å². The van der Waals surface area contributed by atoms with Gasteiger partial charge in [0.1, 0.15) is 11.3 Å². The summed E-state index contributed by atoms with van der Waals surface area (Å²) in [6, 6.07) is 8.59. The van der Waals surface area contributed by atoms with Crippen LogP contribution in [0.2, 0.25) is 0 Å². The van der Waals surface area contributed by atoms with E-state index in [0.717, 1.165) is 17.9 Å². The topological polar surface area (TPSA) is 25.2 Å². The molecule has 1 heterocycles. The van der Waals surface area contributed by atoms with Gasteiger partial charge in [-0.1, -0.05) is 19.9 Å². The number of rotatable bonds is 3. The van der Waals surface area contributed by atoms with E-state index in [2.05, 4.69) is 64.2 Å². The smallest absolute Gasteiger partial charge is 0.134 e. The lowest BCUT2D eigenvalue weighted by molar-refractivity contribution is 0.395. The first-order valence-corrected chi connectivity index (χ1v) is 6.62. The minimum atomic E-state index is 0.113. The Kier molecular flexibility index (Phi) is 3.49. The van der Waals surface area contributed by atoms with Crippen LogP contribution in [0.5, 0.6) is 0 Å². The predicted octanol–water partition coefficient (Wildman–Crippen LogP) is 4.44. The maximum absolute atomic E-state index is 5.84. The molecule has 0 saturated carbocycles. The van der Waals surface area contributed by atoms with Gasteiger partial charge in [0.15, 0.2) is 0 Å². The largest absolute Gasteiger partial charge is 0.460 e. The lowest BCUT2D eigenvalue weighted by atomic mass is 10.0. The third kappa shape index (κ3) is 3.14. The molecule has 18 heavy (non-hydrogen) atoms. The van der Waals surface area contributed by atoms with Gasteiger partial charge in [-0.05, 0) is 50.5 Å². The van der Waals surface area contributed by atoms with Gasteiger partial charge in [-0.2, -0.15) is 0 Å². The Balaban J connectivity index is 2.22. The quantitative estimate of drug-likeness (QED) is 0.864. The fraction of sp³-hybridized carbons (Fsp3) is 0.500. The fourth-order valence-corrected chi connectivity index (χ4v) is 1.92. The number of hydrogen-bond acceptors (Lipinski definition) is 2. The molecule has 0 spiro atoms. The van der Waals surface area contributed by atoms with Crippen LogP contribution in [-0.4, -0.2) is 5.54 Å². The van der Waals surface area contributed by atoms with E-state index in [9.17, 15) is 0 Å². The zero-order valence-corrected chi connectivity index (χ0v) is 12.0. The van der Waals surface area contributed by atoms with E-state index in [1.807, 2.05) is 0 Å². The number of nitrogens with one attached hydrogen (secondary N) is 1. The molecule has 1 aromatic carbocycles. The molecule has 0 fully saturated rings. The first-order valence-electron chi connectivity index (χ1n) is 6.62. The monoisotopic (exact) mass is 245 g/mol. The summed E-state index contributed by atoms with van der Waals surface area (Å²) in [5.74, 6) is 1.56. The number of furan rings is 1. The van der Waals surface area contributed by atoms with Gasteiger partial charge in [0.25, 0.3) is 0 Å². The van der Waals surface area contributed by atoms with Crippen molar-refractivity contribution < 1.29 is 4.42 Å². The van der Waals surface area contributed by atoms with E-state index >= 15 is 0 Å². The minimum absolute atomic E-state index is 0.113. The Labute approximate surface area is 109 Å². The average Bonchev–Trinajstić information content (AvgIpc) is 2.66. The molecule has 1 N–H and O–H groups in total. The summed E-state index contributed by atoms with van der Waals surface area (Å²) in [5, 5.41) is 4.64. The van der Waals surface area contributed by atoms with Gasteiger partial charge in [0.2, 0.25) is 0 Å². The van der Waals surface area contributed by atoms with Crippen molar-refractivity contribution in [1.29, 1.82) is 0 Å². The lowest BCUT2D eigenvalue weighted by Crippen LogP contribution is -2.34. The van der Waals surface area contributed by atoms with E-state index in [-0.39, 0.29) is 5.54 Å². The maximum Gasteiger partial charge on any atom is 0.134 e. The van der Waals surface area contributed by atoms with Crippen molar-refractivity contribution in [2.45, 2.75) is 52.6 Å². The molecule has 0 bridgehead atoms. The van der Waals surface area contributed by atoms with Crippen LogP contribution in [-0.2, 0) is 6.54 Å². The molecule has 0 radical (unpaired) electrons. The van der Waals surface area contributed by atoms with Crippen molar-refractivity contribution in [1.82, 2.24) is 5.32 Å². The first kappa shape index (κ1) is 13.2. The van der Waals surface area contributed by atoms with Crippen molar-refractivity contribution in [3.05, 3.63) is 35.6 Å². The highest BCUT2D eigenvalue weighted by Crippen LogP contribution is 2.24. The molecule has 0 saturated heterocycles. The SMILES string of the molecule is CC(C)c1ccc2oc(CNC(C)(C)C)cc2c1. The second kappa shape index (κ2) is 4.77. The third-order valence-electron chi connectivity index (χ3n) is 3.05. The Bertz CT molecular complexity index is 532. The highest BCUT2D eigenvalue weighted by molar-refractivity contribution is 5.78. The molecule has 0 atom stereocenters. The van der Waals surface area contributed by atoms with Gasteiger partial charge in [0, 0.05) is 10.9 Å². The minimum Gasteiger partial charge on any atom is -0.460 e. The Hall–Kier alpha value is -1.28. The zero-order chi connectivity index (χ0) is 13.3. The van der Waals surface area contributed by atoms with Gasteiger partial charge in [-0.3, -0.25) is 0 Å². The van der Waals surface area contributed by atoms with Gasteiger partial charge in [-0.25, -0.2) is 0 Å². The van der Waals surface area contributed by atoms with Crippen molar-refractivity contribution in [3.8, 4) is 0 Å². The number of fused-ring (bicyclic) bond motifs is 1. The van der Waals surface area contributed by atoms with Gasteiger partial charge in [0.05, 0.1) is 6.54 Å². The van der Waals surface area contributed by atoms with E-state index < -0.39 is 0 Å². The summed E-state index contributed by atoms with van der Waals surface area (Å²) < 4.78 is 5.84. The van der Waals surface area contributed by atoms with Gasteiger partial charge in [-0.15, -0.1) is 0 Å². The second-order valence-electron chi connectivity index (χ2n) is 6.27. The van der Waals surface area contributed by atoms with Crippen LogP contribution in [0, 0.1) is 0 Å². The number of hydrogen-bond donors (Lipinski definition) is 1. The molecule has 0 aliphatic carbocycles. The molecule has 0 aliphatic heterocycles. The summed E-state index contributed by atoms with van der Waals surface area (Å²) in [4.78, 5) is 0. The van der Waals surface area contributed by atoms with Crippen LogP contribution in [0.1, 0.15) is 51.9 Å². The van der Waals surface area contributed by atoms with Crippen LogP contribution in [0.4, 0.5) is 0 Å². The summed E-state index contributed by atoms with van der Waals surface area (Å²) in [6.45, 7) is 11.7. The predicted molar refractivity (Wildman–Crippen MR) is 76.9 cm³/mol. The molecule has 0 aliphatic rings. The zero-order valence-electron chi connectivity index (χ0n) is 12.0. The summed E-state index contributed by atoms with van der Waals surface area (Å²) in [6.07, 6.45) is 0. The molecule has 0 unspecified atom stereocenters. The molecule has 2 nitrogen and oxygen atoms in total. The van der Waals surface area contributed by atoms with Gasteiger partial charge < -0.3 is 9.73 Å².